The van der Waals surface area contributed by atoms with Crippen molar-refractivity contribution in [2.75, 3.05) is 13.2 Å². The summed E-state index contributed by atoms with van der Waals surface area (Å²) in [6.45, 7) is 5.26. The standard InChI is InChI=1S/C18H20N2O2/c1-3-21-17-9-5-15(6-10-17)13-19-20-14-16-7-11-18(12-8-16)22-4-2/h5-14H,3-4H2,1-2H3/b19-13-,20-14-. The van der Waals surface area contributed by atoms with Gasteiger partial charge in [-0.1, -0.05) is 0 Å². The molecule has 0 aliphatic rings. The van der Waals surface area contributed by atoms with Crippen LogP contribution < -0.4 is 9.47 Å². The molecule has 0 N–H and O–H groups in total. The van der Waals surface area contributed by atoms with Gasteiger partial charge in [-0.2, -0.15) is 10.2 Å². The van der Waals surface area contributed by atoms with Gasteiger partial charge in [-0.3, -0.25) is 0 Å². The molecule has 2 rings (SSSR count). The van der Waals surface area contributed by atoms with E-state index in [1.807, 2.05) is 62.4 Å². The van der Waals surface area contributed by atoms with Gasteiger partial charge in [-0.15, -0.1) is 0 Å². The Labute approximate surface area is 131 Å². The van der Waals surface area contributed by atoms with Gasteiger partial charge in [0.2, 0.25) is 0 Å². The Bertz CT molecular complexity index is 559. The Morgan fingerprint density at radius 2 is 1.05 bits per heavy atom. The molecule has 0 saturated carbocycles. The molecule has 0 saturated heterocycles. The summed E-state index contributed by atoms with van der Waals surface area (Å²) in [5.41, 5.74) is 1.96. The summed E-state index contributed by atoms with van der Waals surface area (Å²) in [6.07, 6.45) is 3.42. The first kappa shape index (κ1) is 15.8. The third-order valence-electron chi connectivity index (χ3n) is 2.86. The lowest BCUT2D eigenvalue weighted by atomic mass is 10.2. The van der Waals surface area contributed by atoms with Gasteiger partial charge in [0, 0.05) is 0 Å². The average molecular weight is 296 g/mol. The second-order valence-electron chi connectivity index (χ2n) is 4.49. The van der Waals surface area contributed by atoms with Crippen molar-refractivity contribution in [1.29, 1.82) is 0 Å². The van der Waals surface area contributed by atoms with Gasteiger partial charge in [0.25, 0.3) is 0 Å². The van der Waals surface area contributed by atoms with Crippen molar-refractivity contribution in [3.8, 4) is 11.5 Å². The molecule has 2 aromatic carbocycles. The monoisotopic (exact) mass is 296 g/mol. The van der Waals surface area contributed by atoms with E-state index in [1.165, 1.54) is 0 Å². The van der Waals surface area contributed by atoms with Gasteiger partial charge in [-0.05, 0) is 73.5 Å². The van der Waals surface area contributed by atoms with Crippen molar-refractivity contribution in [2.45, 2.75) is 13.8 Å². The maximum absolute atomic E-state index is 5.39. The molecule has 22 heavy (non-hydrogen) atoms. The van der Waals surface area contributed by atoms with Crippen LogP contribution in [0.4, 0.5) is 0 Å². The zero-order valence-corrected chi connectivity index (χ0v) is 12.9. The van der Waals surface area contributed by atoms with Crippen LogP contribution in [0.5, 0.6) is 11.5 Å². The van der Waals surface area contributed by atoms with E-state index in [0.29, 0.717) is 13.2 Å². The molecule has 0 bridgehead atoms. The fraction of sp³-hybridized carbons (Fsp3) is 0.222. The zero-order chi connectivity index (χ0) is 15.6. The molecule has 0 spiro atoms. The lowest BCUT2D eigenvalue weighted by Crippen LogP contribution is -1.91. The highest BCUT2D eigenvalue weighted by atomic mass is 16.5. The Hall–Kier alpha value is -2.62. The molecule has 0 radical (unpaired) electrons. The molecule has 4 heteroatoms. The van der Waals surface area contributed by atoms with E-state index in [4.69, 9.17) is 9.47 Å². The molecule has 4 nitrogen and oxygen atoms in total. The van der Waals surface area contributed by atoms with Gasteiger partial charge >= 0.3 is 0 Å². The molecule has 0 aromatic heterocycles. The molecular formula is C18H20N2O2. The average Bonchev–Trinajstić information content (AvgIpc) is 2.55. The lowest BCUT2D eigenvalue weighted by molar-refractivity contribution is 0.340. The Morgan fingerprint density at radius 1 is 0.682 bits per heavy atom. The summed E-state index contributed by atoms with van der Waals surface area (Å²) in [5, 5.41) is 8.09. The topological polar surface area (TPSA) is 43.2 Å². The highest BCUT2D eigenvalue weighted by Gasteiger charge is 1.93. The minimum Gasteiger partial charge on any atom is -0.494 e. The van der Waals surface area contributed by atoms with Crippen molar-refractivity contribution in [3.05, 3.63) is 59.7 Å². The number of hydrogen-bond acceptors (Lipinski definition) is 4. The van der Waals surface area contributed by atoms with Crippen molar-refractivity contribution in [1.82, 2.24) is 0 Å². The Balaban J connectivity index is 1.90. The smallest absolute Gasteiger partial charge is 0.119 e. The van der Waals surface area contributed by atoms with E-state index < -0.39 is 0 Å². The molecule has 0 heterocycles. The van der Waals surface area contributed by atoms with Crippen LogP contribution in [-0.4, -0.2) is 25.6 Å². The molecule has 0 aliphatic heterocycles. The summed E-state index contributed by atoms with van der Waals surface area (Å²) in [6, 6.07) is 15.5. The zero-order valence-electron chi connectivity index (χ0n) is 12.9. The van der Waals surface area contributed by atoms with Crippen LogP contribution in [0.2, 0.25) is 0 Å². The molecule has 0 amide bonds. The van der Waals surface area contributed by atoms with Crippen molar-refractivity contribution in [3.63, 3.8) is 0 Å². The van der Waals surface area contributed by atoms with E-state index in [0.717, 1.165) is 22.6 Å². The normalized spacial score (nSPS) is 11.2. The summed E-state index contributed by atoms with van der Waals surface area (Å²) in [4.78, 5) is 0. The van der Waals surface area contributed by atoms with Crippen molar-refractivity contribution in [2.24, 2.45) is 10.2 Å². The molecule has 0 fully saturated rings. The first-order valence-corrected chi connectivity index (χ1v) is 7.34. The van der Waals surface area contributed by atoms with E-state index in [9.17, 15) is 0 Å². The van der Waals surface area contributed by atoms with E-state index >= 15 is 0 Å². The van der Waals surface area contributed by atoms with Gasteiger partial charge in [0.15, 0.2) is 0 Å². The van der Waals surface area contributed by atoms with Crippen LogP contribution >= 0.6 is 0 Å². The number of hydrogen-bond donors (Lipinski definition) is 0. The van der Waals surface area contributed by atoms with Crippen molar-refractivity contribution < 1.29 is 9.47 Å². The summed E-state index contributed by atoms with van der Waals surface area (Å²) in [5.74, 6) is 1.72. The number of nitrogens with zero attached hydrogens (tertiary/aromatic N) is 2. The number of ether oxygens (including phenoxy) is 2. The highest BCUT2D eigenvalue weighted by molar-refractivity contribution is 5.82. The fourth-order valence-corrected chi connectivity index (χ4v) is 1.83. The van der Waals surface area contributed by atoms with Gasteiger partial charge in [-0.25, -0.2) is 0 Å². The third-order valence-corrected chi connectivity index (χ3v) is 2.86. The molecule has 0 atom stereocenters. The van der Waals surface area contributed by atoms with Crippen LogP contribution in [0.15, 0.2) is 58.7 Å². The van der Waals surface area contributed by atoms with Gasteiger partial charge in [0.05, 0.1) is 25.6 Å². The second kappa shape index (κ2) is 8.62. The van der Waals surface area contributed by atoms with Crippen LogP contribution in [0.1, 0.15) is 25.0 Å². The number of rotatable bonds is 7. The van der Waals surface area contributed by atoms with E-state index in [1.54, 1.807) is 12.4 Å². The van der Waals surface area contributed by atoms with Crippen molar-refractivity contribution >= 4 is 12.4 Å². The summed E-state index contributed by atoms with van der Waals surface area (Å²) >= 11 is 0. The maximum Gasteiger partial charge on any atom is 0.119 e. The maximum atomic E-state index is 5.39. The predicted octanol–water partition coefficient (Wildman–Crippen LogP) is 3.94. The van der Waals surface area contributed by atoms with Gasteiger partial charge in [0.1, 0.15) is 11.5 Å². The summed E-state index contributed by atoms with van der Waals surface area (Å²) in [7, 11) is 0. The van der Waals surface area contributed by atoms with Crippen LogP contribution in [0.25, 0.3) is 0 Å². The molecule has 114 valence electrons. The minimum absolute atomic E-state index is 0.666. The number of benzene rings is 2. The molecule has 0 aliphatic carbocycles. The lowest BCUT2D eigenvalue weighted by Gasteiger charge is -2.01. The Morgan fingerprint density at radius 3 is 1.36 bits per heavy atom. The minimum atomic E-state index is 0.666. The Kier molecular flexibility index (Phi) is 6.18. The first-order valence-electron chi connectivity index (χ1n) is 7.34. The quantitative estimate of drug-likeness (QED) is 0.574. The first-order chi connectivity index (χ1) is 10.8. The highest BCUT2D eigenvalue weighted by Crippen LogP contribution is 2.11. The van der Waals surface area contributed by atoms with E-state index in [2.05, 4.69) is 10.2 Å². The molecule has 0 unspecified atom stereocenters. The second-order valence-corrected chi connectivity index (χ2v) is 4.49. The summed E-state index contributed by atoms with van der Waals surface area (Å²) < 4.78 is 10.8. The molecular weight excluding hydrogens is 276 g/mol. The van der Waals surface area contributed by atoms with Crippen LogP contribution in [0.3, 0.4) is 0 Å². The van der Waals surface area contributed by atoms with Crippen LogP contribution in [-0.2, 0) is 0 Å². The third kappa shape index (κ3) is 5.05. The predicted molar refractivity (Wildman–Crippen MR) is 90.4 cm³/mol. The van der Waals surface area contributed by atoms with E-state index in [-0.39, 0.29) is 0 Å². The SMILES string of the molecule is CCOc1ccc(/C=N\N=C/c2ccc(OCC)cc2)cc1. The largest absolute Gasteiger partial charge is 0.494 e. The van der Waals surface area contributed by atoms with Gasteiger partial charge < -0.3 is 9.47 Å². The molecule has 2 aromatic rings. The van der Waals surface area contributed by atoms with Crippen LogP contribution in [0, 0.1) is 0 Å². The fourth-order valence-electron chi connectivity index (χ4n) is 1.83.